The molecule has 4 nitrogen and oxygen atoms in total. The van der Waals surface area contributed by atoms with Crippen LogP contribution in [0.5, 0.6) is 11.5 Å². The van der Waals surface area contributed by atoms with Crippen molar-refractivity contribution in [3.05, 3.63) is 66.4 Å². The summed E-state index contributed by atoms with van der Waals surface area (Å²) in [4.78, 5) is 14.9. The molecule has 0 radical (unpaired) electrons. The second-order valence-corrected chi connectivity index (χ2v) is 4.27. The number of para-hydroxylation sites is 1. The number of ether oxygens (including phenoxy) is 1. The third-order valence-corrected chi connectivity index (χ3v) is 2.86. The van der Waals surface area contributed by atoms with Crippen LogP contribution >= 0.6 is 0 Å². The zero-order valence-electron chi connectivity index (χ0n) is 10.5. The average molecular weight is 265 g/mol. The van der Waals surface area contributed by atoms with Crippen molar-refractivity contribution < 1.29 is 14.6 Å². The Morgan fingerprint density at radius 1 is 0.950 bits per heavy atom. The topological polar surface area (TPSA) is 59.4 Å². The molecule has 1 N–H and O–H groups in total. The molecule has 0 aliphatic heterocycles. The fourth-order valence-corrected chi connectivity index (χ4v) is 1.91. The zero-order valence-corrected chi connectivity index (χ0v) is 10.5. The van der Waals surface area contributed by atoms with Gasteiger partial charge in [0.15, 0.2) is 0 Å². The normalized spacial score (nSPS) is 10.4. The van der Waals surface area contributed by atoms with Crippen LogP contribution in [0.2, 0.25) is 0 Å². The molecular formula is C16H11NO3. The first kappa shape index (κ1) is 12.2. The first-order chi connectivity index (χ1) is 9.72. The van der Waals surface area contributed by atoms with Crippen molar-refractivity contribution >= 4 is 16.9 Å². The summed E-state index contributed by atoms with van der Waals surface area (Å²) in [6.07, 6.45) is 0. The second-order valence-electron chi connectivity index (χ2n) is 4.27. The number of carboxylic acid groups (broad SMARTS) is 1. The number of benzene rings is 2. The summed E-state index contributed by atoms with van der Waals surface area (Å²) in [5.74, 6) is 0.409. The van der Waals surface area contributed by atoms with E-state index in [4.69, 9.17) is 9.84 Å². The monoisotopic (exact) mass is 265 g/mol. The van der Waals surface area contributed by atoms with Gasteiger partial charge in [0.05, 0.1) is 5.52 Å². The molecule has 1 aromatic heterocycles. The van der Waals surface area contributed by atoms with E-state index >= 15 is 0 Å². The molecular weight excluding hydrogens is 254 g/mol. The fourth-order valence-electron chi connectivity index (χ4n) is 1.91. The Labute approximate surface area is 115 Å². The minimum Gasteiger partial charge on any atom is -0.477 e. The van der Waals surface area contributed by atoms with Gasteiger partial charge in [-0.1, -0.05) is 24.3 Å². The summed E-state index contributed by atoms with van der Waals surface area (Å²) in [5.41, 5.74) is 0.666. The predicted octanol–water partition coefficient (Wildman–Crippen LogP) is 3.73. The van der Waals surface area contributed by atoms with Crippen LogP contribution in [0.3, 0.4) is 0 Å². The number of aromatic nitrogens is 1. The molecule has 3 aromatic rings. The third kappa shape index (κ3) is 2.44. The van der Waals surface area contributed by atoms with E-state index in [0.29, 0.717) is 11.3 Å². The number of hydrogen-bond donors (Lipinski definition) is 1. The highest BCUT2D eigenvalue weighted by Crippen LogP contribution is 2.24. The van der Waals surface area contributed by atoms with E-state index in [9.17, 15) is 4.79 Å². The van der Waals surface area contributed by atoms with E-state index in [1.807, 2.05) is 36.4 Å². The Morgan fingerprint density at radius 3 is 2.50 bits per heavy atom. The van der Waals surface area contributed by atoms with E-state index < -0.39 is 5.97 Å². The lowest BCUT2D eigenvalue weighted by molar-refractivity contribution is 0.0691. The van der Waals surface area contributed by atoms with E-state index in [1.165, 1.54) is 6.07 Å². The number of fused-ring (bicyclic) bond motifs is 1. The first-order valence-corrected chi connectivity index (χ1v) is 6.09. The van der Waals surface area contributed by atoms with E-state index in [1.54, 1.807) is 18.2 Å². The van der Waals surface area contributed by atoms with Crippen LogP contribution in [-0.4, -0.2) is 16.1 Å². The highest BCUT2D eigenvalue weighted by molar-refractivity contribution is 5.90. The third-order valence-electron chi connectivity index (χ3n) is 2.86. The summed E-state index contributed by atoms with van der Waals surface area (Å²) in [7, 11) is 0. The second kappa shape index (κ2) is 5.01. The molecule has 0 aliphatic carbocycles. The largest absolute Gasteiger partial charge is 0.477 e. The lowest BCUT2D eigenvalue weighted by Crippen LogP contribution is -1.99. The van der Waals surface area contributed by atoms with Gasteiger partial charge >= 0.3 is 5.97 Å². The molecule has 4 heteroatoms. The van der Waals surface area contributed by atoms with Crippen molar-refractivity contribution in [2.24, 2.45) is 0 Å². The highest BCUT2D eigenvalue weighted by atomic mass is 16.5. The molecule has 0 unspecified atom stereocenters. The highest BCUT2D eigenvalue weighted by Gasteiger charge is 2.06. The summed E-state index contributed by atoms with van der Waals surface area (Å²) in [6, 6.07) is 18.0. The predicted molar refractivity (Wildman–Crippen MR) is 75.2 cm³/mol. The number of hydrogen-bond acceptors (Lipinski definition) is 3. The van der Waals surface area contributed by atoms with Crippen molar-refractivity contribution in [3.8, 4) is 11.5 Å². The number of nitrogens with zero attached hydrogens (tertiary/aromatic N) is 1. The van der Waals surface area contributed by atoms with E-state index in [2.05, 4.69) is 4.98 Å². The molecule has 0 saturated carbocycles. The molecule has 0 bridgehead atoms. The molecule has 0 amide bonds. The minimum absolute atomic E-state index is 0.0363. The molecule has 0 atom stereocenters. The van der Waals surface area contributed by atoms with Gasteiger partial charge in [0.2, 0.25) is 0 Å². The van der Waals surface area contributed by atoms with Crippen LogP contribution in [0, 0.1) is 0 Å². The Hall–Kier alpha value is -2.88. The molecule has 0 fully saturated rings. The van der Waals surface area contributed by atoms with Crippen molar-refractivity contribution in [2.45, 2.75) is 0 Å². The van der Waals surface area contributed by atoms with Gasteiger partial charge in [-0.05, 0) is 36.4 Å². The minimum atomic E-state index is -1.03. The van der Waals surface area contributed by atoms with Gasteiger partial charge in [0.1, 0.15) is 17.2 Å². The molecule has 0 aliphatic rings. The SMILES string of the molecule is O=C(O)c1ccc2cc(Oc3ccccc3)ccc2n1. The van der Waals surface area contributed by atoms with Crippen molar-refractivity contribution in [1.82, 2.24) is 4.98 Å². The van der Waals surface area contributed by atoms with Crippen LogP contribution in [0.25, 0.3) is 10.9 Å². The Kier molecular flexibility index (Phi) is 3.05. The number of pyridine rings is 1. The Balaban J connectivity index is 1.95. The molecule has 0 spiro atoms. The average Bonchev–Trinajstić information content (AvgIpc) is 2.47. The van der Waals surface area contributed by atoms with Crippen LogP contribution in [-0.2, 0) is 0 Å². The molecule has 20 heavy (non-hydrogen) atoms. The van der Waals surface area contributed by atoms with Gasteiger partial charge in [-0.15, -0.1) is 0 Å². The van der Waals surface area contributed by atoms with Gasteiger partial charge in [-0.3, -0.25) is 0 Å². The summed E-state index contributed by atoms with van der Waals surface area (Å²) in [5, 5.41) is 9.74. The van der Waals surface area contributed by atoms with E-state index in [0.717, 1.165) is 11.1 Å². The summed E-state index contributed by atoms with van der Waals surface area (Å²) in [6.45, 7) is 0. The molecule has 3 rings (SSSR count). The summed E-state index contributed by atoms with van der Waals surface area (Å²) < 4.78 is 5.72. The van der Waals surface area contributed by atoms with Crippen LogP contribution in [0.15, 0.2) is 60.7 Å². The van der Waals surface area contributed by atoms with Crippen LogP contribution < -0.4 is 4.74 Å². The zero-order chi connectivity index (χ0) is 13.9. The molecule has 2 aromatic carbocycles. The maximum Gasteiger partial charge on any atom is 0.354 e. The smallest absolute Gasteiger partial charge is 0.354 e. The number of aromatic carboxylic acids is 1. The Bertz CT molecular complexity index is 769. The fraction of sp³-hybridized carbons (Fsp3) is 0. The van der Waals surface area contributed by atoms with Crippen molar-refractivity contribution in [1.29, 1.82) is 0 Å². The summed E-state index contributed by atoms with van der Waals surface area (Å²) >= 11 is 0. The lowest BCUT2D eigenvalue weighted by Gasteiger charge is -2.06. The van der Waals surface area contributed by atoms with Gasteiger partial charge in [-0.25, -0.2) is 9.78 Å². The lowest BCUT2D eigenvalue weighted by atomic mass is 10.2. The maximum atomic E-state index is 10.9. The van der Waals surface area contributed by atoms with E-state index in [-0.39, 0.29) is 5.69 Å². The molecule has 1 heterocycles. The quantitative estimate of drug-likeness (QED) is 0.784. The van der Waals surface area contributed by atoms with Gasteiger partial charge in [-0.2, -0.15) is 0 Å². The number of carbonyl (C=O) groups is 1. The number of rotatable bonds is 3. The van der Waals surface area contributed by atoms with Crippen LogP contribution in [0.1, 0.15) is 10.5 Å². The molecule has 0 saturated heterocycles. The number of carboxylic acids is 1. The van der Waals surface area contributed by atoms with Crippen molar-refractivity contribution in [3.63, 3.8) is 0 Å². The van der Waals surface area contributed by atoms with Gasteiger partial charge < -0.3 is 9.84 Å². The van der Waals surface area contributed by atoms with Gasteiger partial charge in [0.25, 0.3) is 0 Å². The van der Waals surface area contributed by atoms with Gasteiger partial charge in [0, 0.05) is 5.39 Å². The first-order valence-electron chi connectivity index (χ1n) is 6.09. The maximum absolute atomic E-state index is 10.9. The van der Waals surface area contributed by atoms with Crippen LogP contribution in [0.4, 0.5) is 0 Å². The Morgan fingerprint density at radius 2 is 1.75 bits per heavy atom. The van der Waals surface area contributed by atoms with Crippen molar-refractivity contribution in [2.75, 3.05) is 0 Å². The molecule has 98 valence electrons. The standard InChI is InChI=1S/C16H11NO3/c18-16(19)15-8-6-11-10-13(7-9-14(11)17-15)20-12-4-2-1-3-5-12/h1-10H,(H,18,19).